The summed E-state index contributed by atoms with van der Waals surface area (Å²) in [7, 11) is 3.13. The van der Waals surface area contributed by atoms with Crippen LogP contribution in [0.1, 0.15) is 44.3 Å². The number of aromatic nitrogens is 1. The van der Waals surface area contributed by atoms with Gasteiger partial charge in [0.25, 0.3) is 11.5 Å². The van der Waals surface area contributed by atoms with Crippen LogP contribution in [0.25, 0.3) is 11.3 Å². The summed E-state index contributed by atoms with van der Waals surface area (Å²) in [6.45, 7) is 3.23. The molecule has 0 saturated heterocycles. The standard InChI is InChI=1S/C32H30F2N4O4/c1-18-25(6-5-7-26(18)31(41)36-4)28-13-12-27(37-30(40)19(2)35-3)32(42)38(28)17-20-14-22(16-24(34)15-20)29(39)21-8-10-23(33)11-9-21/h5-16,19,35H,17H2,1-4H3,(H,36,41)(H,37,40). The lowest BCUT2D eigenvalue weighted by Crippen LogP contribution is -2.37. The number of amides is 2. The molecule has 3 N–H and O–H groups in total. The summed E-state index contributed by atoms with van der Waals surface area (Å²) in [6.07, 6.45) is 0. The zero-order chi connectivity index (χ0) is 30.6. The number of likely N-dealkylation sites (N-methyl/N-ethyl adjacent to an activating group) is 1. The summed E-state index contributed by atoms with van der Waals surface area (Å²) >= 11 is 0. The minimum Gasteiger partial charge on any atom is -0.355 e. The number of benzene rings is 3. The minimum absolute atomic E-state index is 0.00461. The molecule has 8 nitrogen and oxygen atoms in total. The van der Waals surface area contributed by atoms with Gasteiger partial charge < -0.3 is 20.5 Å². The van der Waals surface area contributed by atoms with Crippen LogP contribution >= 0.6 is 0 Å². The molecule has 42 heavy (non-hydrogen) atoms. The van der Waals surface area contributed by atoms with Crippen molar-refractivity contribution in [1.29, 1.82) is 0 Å². The fourth-order valence-corrected chi connectivity index (χ4v) is 4.55. The van der Waals surface area contributed by atoms with Gasteiger partial charge in [0, 0.05) is 29.3 Å². The lowest BCUT2D eigenvalue weighted by atomic mass is 9.98. The molecular formula is C32H30F2N4O4. The monoisotopic (exact) mass is 572 g/mol. The number of halogens is 2. The molecule has 2 amide bonds. The average molecular weight is 573 g/mol. The predicted molar refractivity (Wildman–Crippen MR) is 157 cm³/mol. The van der Waals surface area contributed by atoms with Gasteiger partial charge in [0.2, 0.25) is 5.91 Å². The van der Waals surface area contributed by atoms with E-state index in [1.54, 1.807) is 45.2 Å². The van der Waals surface area contributed by atoms with Crippen LogP contribution in [0.3, 0.4) is 0 Å². The highest BCUT2D eigenvalue weighted by atomic mass is 19.1. The molecule has 0 aliphatic carbocycles. The first kappa shape index (κ1) is 30.0. The van der Waals surface area contributed by atoms with E-state index in [1.165, 1.54) is 41.9 Å². The van der Waals surface area contributed by atoms with E-state index in [0.29, 0.717) is 27.9 Å². The van der Waals surface area contributed by atoms with Gasteiger partial charge in [0.1, 0.15) is 17.3 Å². The molecule has 216 valence electrons. The highest BCUT2D eigenvalue weighted by molar-refractivity contribution is 6.09. The molecule has 1 aromatic heterocycles. The first-order chi connectivity index (χ1) is 20.0. The second kappa shape index (κ2) is 12.7. The Hall–Kier alpha value is -4.96. The maximum absolute atomic E-state index is 14.8. The number of pyridine rings is 1. The van der Waals surface area contributed by atoms with Crippen molar-refractivity contribution in [3.05, 3.63) is 123 Å². The fourth-order valence-electron chi connectivity index (χ4n) is 4.55. The fraction of sp³-hybridized carbons (Fsp3) is 0.188. The van der Waals surface area contributed by atoms with Gasteiger partial charge in [-0.05, 0) is 92.7 Å². The van der Waals surface area contributed by atoms with Crippen molar-refractivity contribution >= 4 is 23.3 Å². The lowest BCUT2D eigenvalue weighted by molar-refractivity contribution is -0.117. The molecule has 0 saturated carbocycles. The molecule has 4 rings (SSSR count). The highest BCUT2D eigenvalue weighted by Crippen LogP contribution is 2.27. The van der Waals surface area contributed by atoms with Crippen molar-refractivity contribution < 1.29 is 23.2 Å². The molecule has 1 heterocycles. The number of nitrogens with zero attached hydrogens (tertiary/aromatic N) is 1. The Labute approximate surface area is 241 Å². The lowest BCUT2D eigenvalue weighted by Gasteiger charge is -2.19. The molecular weight excluding hydrogens is 542 g/mol. The Kier molecular flexibility index (Phi) is 9.07. The van der Waals surface area contributed by atoms with Crippen molar-refractivity contribution in [2.75, 3.05) is 19.4 Å². The molecule has 0 radical (unpaired) electrons. The number of carbonyl (C=O) groups is 3. The molecule has 4 aromatic rings. The Morgan fingerprint density at radius 1 is 0.881 bits per heavy atom. The topological polar surface area (TPSA) is 109 Å². The van der Waals surface area contributed by atoms with Gasteiger partial charge in [-0.15, -0.1) is 0 Å². The summed E-state index contributed by atoms with van der Waals surface area (Å²) in [6, 6.07) is 16.3. The Balaban J connectivity index is 1.85. The molecule has 0 aliphatic rings. The summed E-state index contributed by atoms with van der Waals surface area (Å²) < 4.78 is 29.5. The van der Waals surface area contributed by atoms with Crippen LogP contribution in [0, 0.1) is 18.6 Å². The molecule has 0 aliphatic heterocycles. The van der Waals surface area contributed by atoms with Gasteiger partial charge >= 0.3 is 0 Å². The predicted octanol–water partition coefficient (Wildman–Crippen LogP) is 4.29. The van der Waals surface area contributed by atoms with E-state index in [4.69, 9.17) is 0 Å². The summed E-state index contributed by atoms with van der Waals surface area (Å²) in [5, 5.41) is 8.04. The van der Waals surface area contributed by atoms with Gasteiger partial charge in [0.15, 0.2) is 5.78 Å². The van der Waals surface area contributed by atoms with Crippen LogP contribution < -0.4 is 21.5 Å². The van der Waals surface area contributed by atoms with E-state index in [9.17, 15) is 28.0 Å². The zero-order valence-corrected chi connectivity index (χ0v) is 23.5. The van der Waals surface area contributed by atoms with Crippen LogP contribution in [-0.2, 0) is 11.3 Å². The quantitative estimate of drug-likeness (QED) is 0.260. The van der Waals surface area contributed by atoms with Gasteiger partial charge in [-0.2, -0.15) is 0 Å². The van der Waals surface area contributed by atoms with E-state index in [0.717, 1.165) is 18.2 Å². The third-order valence-corrected chi connectivity index (χ3v) is 7.01. The number of carbonyl (C=O) groups excluding carboxylic acids is 3. The second-order valence-electron chi connectivity index (χ2n) is 9.76. The van der Waals surface area contributed by atoms with Crippen molar-refractivity contribution in [3.63, 3.8) is 0 Å². The van der Waals surface area contributed by atoms with Gasteiger partial charge in [0.05, 0.1) is 18.3 Å². The largest absolute Gasteiger partial charge is 0.355 e. The first-order valence-electron chi connectivity index (χ1n) is 13.2. The number of nitrogens with one attached hydrogen (secondary N) is 3. The SMILES string of the molecule is CNC(=O)c1cccc(-c2ccc(NC(=O)C(C)NC)c(=O)n2Cc2cc(F)cc(C(=O)c3ccc(F)cc3)c2)c1C. The van der Waals surface area contributed by atoms with E-state index in [-0.39, 0.29) is 29.3 Å². The molecule has 10 heteroatoms. The van der Waals surface area contributed by atoms with Gasteiger partial charge in [-0.3, -0.25) is 19.2 Å². The number of hydrogen-bond acceptors (Lipinski definition) is 5. The van der Waals surface area contributed by atoms with Crippen LogP contribution in [-0.4, -0.2) is 42.3 Å². The molecule has 0 bridgehead atoms. The van der Waals surface area contributed by atoms with Crippen molar-refractivity contribution in [3.8, 4) is 11.3 Å². The number of ketones is 1. The molecule has 3 aromatic carbocycles. The molecule has 0 spiro atoms. The third-order valence-electron chi connectivity index (χ3n) is 7.01. The van der Waals surface area contributed by atoms with E-state index in [1.807, 2.05) is 0 Å². The minimum atomic E-state index is -0.697. The Morgan fingerprint density at radius 3 is 2.26 bits per heavy atom. The number of hydrogen-bond donors (Lipinski definition) is 3. The van der Waals surface area contributed by atoms with Crippen LogP contribution in [0.4, 0.5) is 14.5 Å². The molecule has 0 fully saturated rings. The normalized spacial score (nSPS) is 11.6. The van der Waals surface area contributed by atoms with Crippen molar-refractivity contribution in [2.24, 2.45) is 0 Å². The van der Waals surface area contributed by atoms with Crippen LogP contribution in [0.5, 0.6) is 0 Å². The summed E-state index contributed by atoms with van der Waals surface area (Å²) in [4.78, 5) is 51.9. The average Bonchev–Trinajstić information content (AvgIpc) is 2.98. The number of rotatable bonds is 9. The Morgan fingerprint density at radius 2 is 1.60 bits per heavy atom. The zero-order valence-electron chi connectivity index (χ0n) is 23.5. The first-order valence-corrected chi connectivity index (χ1v) is 13.2. The van der Waals surface area contributed by atoms with Gasteiger partial charge in [-0.1, -0.05) is 12.1 Å². The maximum Gasteiger partial charge on any atom is 0.275 e. The molecule has 1 atom stereocenters. The summed E-state index contributed by atoms with van der Waals surface area (Å²) in [5.41, 5.74) is 1.95. The molecule has 1 unspecified atom stereocenters. The smallest absolute Gasteiger partial charge is 0.275 e. The van der Waals surface area contributed by atoms with E-state index in [2.05, 4.69) is 16.0 Å². The number of anilines is 1. The van der Waals surface area contributed by atoms with Gasteiger partial charge in [-0.25, -0.2) is 8.78 Å². The van der Waals surface area contributed by atoms with E-state index < -0.39 is 34.9 Å². The Bertz CT molecular complexity index is 1730. The van der Waals surface area contributed by atoms with Crippen LogP contribution in [0.2, 0.25) is 0 Å². The third kappa shape index (κ3) is 6.34. The maximum atomic E-state index is 14.8. The van der Waals surface area contributed by atoms with Crippen molar-refractivity contribution in [1.82, 2.24) is 15.2 Å². The summed E-state index contributed by atoms with van der Waals surface area (Å²) in [5.74, 6) is -2.45. The van der Waals surface area contributed by atoms with E-state index >= 15 is 0 Å². The second-order valence-corrected chi connectivity index (χ2v) is 9.76. The van der Waals surface area contributed by atoms with Crippen LogP contribution in [0.15, 0.2) is 77.6 Å². The highest BCUT2D eigenvalue weighted by Gasteiger charge is 2.20. The van der Waals surface area contributed by atoms with Crippen molar-refractivity contribution in [2.45, 2.75) is 26.4 Å².